The van der Waals surface area contributed by atoms with Crippen molar-refractivity contribution in [1.82, 2.24) is 20.1 Å². The van der Waals surface area contributed by atoms with Crippen LogP contribution in [0, 0.1) is 0 Å². The molecule has 3 N–H and O–H groups in total. The van der Waals surface area contributed by atoms with Gasteiger partial charge in [0.25, 0.3) is 0 Å². The minimum atomic E-state index is -0.384. The Hall–Kier alpha value is -1.59. The summed E-state index contributed by atoms with van der Waals surface area (Å²) in [7, 11) is 0. The molecule has 1 heterocycles. The van der Waals surface area contributed by atoms with Gasteiger partial charge in [0.15, 0.2) is 0 Å². The van der Waals surface area contributed by atoms with Crippen LogP contribution in [0.25, 0.3) is 0 Å². The largest absolute Gasteiger partial charge is 0.367 e. The second-order valence-electron chi connectivity index (χ2n) is 3.78. The Morgan fingerprint density at radius 3 is 2.62 bits per heavy atom. The highest BCUT2D eigenvalue weighted by atomic mass is 16.2. The van der Waals surface area contributed by atoms with E-state index in [0.717, 1.165) is 12.8 Å². The molecule has 0 spiro atoms. The summed E-state index contributed by atoms with van der Waals surface area (Å²) < 4.78 is 1.47. The van der Waals surface area contributed by atoms with Crippen LogP contribution in [0.2, 0.25) is 0 Å². The van der Waals surface area contributed by atoms with Crippen molar-refractivity contribution in [1.29, 1.82) is 0 Å². The summed E-state index contributed by atoms with van der Waals surface area (Å²) in [5.74, 6) is 0.126. The molecule has 6 nitrogen and oxygen atoms in total. The van der Waals surface area contributed by atoms with Crippen molar-refractivity contribution in [3.05, 3.63) is 6.33 Å². The lowest BCUT2D eigenvalue weighted by atomic mass is 10.1. The van der Waals surface area contributed by atoms with Gasteiger partial charge in [-0.1, -0.05) is 13.8 Å². The third kappa shape index (κ3) is 2.95. The van der Waals surface area contributed by atoms with E-state index in [1.165, 1.54) is 11.0 Å². The number of hydrogen-bond donors (Lipinski definition) is 2. The second-order valence-corrected chi connectivity index (χ2v) is 3.78. The lowest BCUT2D eigenvalue weighted by Crippen LogP contribution is -2.38. The van der Waals surface area contributed by atoms with Crippen molar-refractivity contribution in [3.63, 3.8) is 0 Å². The monoisotopic (exact) mass is 225 g/mol. The first-order valence-electron chi connectivity index (χ1n) is 5.55. The number of nitrogens with one attached hydrogen (secondary N) is 1. The highest BCUT2D eigenvalue weighted by molar-refractivity contribution is 5.80. The molecule has 1 rings (SSSR count). The van der Waals surface area contributed by atoms with Gasteiger partial charge in [-0.3, -0.25) is 4.79 Å². The van der Waals surface area contributed by atoms with E-state index in [2.05, 4.69) is 15.4 Å². The van der Waals surface area contributed by atoms with E-state index in [9.17, 15) is 4.79 Å². The van der Waals surface area contributed by atoms with Crippen molar-refractivity contribution < 1.29 is 4.79 Å². The number of nitrogens with two attached hydrogens (primary N) is 1. The number of aromatic nitrogens is 3. The van der Waals surface area contributed by atoms with Crippen molar-refractivity contribution in [2.45, 2.75) is 45.7 Å². The van der Waals surface area contributed by atoms with E-state index >= 15 is 0 Å². The second kappa shape index (κ2) is 5.48. The third-order valence-corrected chi connectivity index (χ3v) is 2.63. The molecule has 0 aliphatic heterocycles. The fourth-order valence-electron chi connectivity index (χ4n) is 1.41. The molecule has 90 valence electrons. The van der Waals surface area contributed by atoms with E-state index in [0.29, 0.717) is 0 Å². The number of carbonyl (C=O) groups is 1. The van der Waals surface area contributed by atoms with Gasteiger partial charge in [0.05, 0.1) is 0 Å². The summed E-state index contributed by atoms with van der Waals surface area (Å²) >= 11 is 0. The molecule has 1 amide bonds. The van der Waals surface area contributed by atoms with Crippen LogP contribution in [0.15, 0.2) is 6.33 Å². The minimum Gasteiger partial charge on any atom is -0.367 e. The molecule has 1 atom stereocenters. The fourth-order valence-corrected chi connectivity index (χ4v) is 1.41. The summed E-state index contributed by atoms with van der Waals surface area (Å²) in [6.07, 6.45) is 3.31. The lowest BCUT2D eigenvalue weighted by molar-refractivity contribution is -0.124. The van der Waals surface area contributed by atoms with Crippen molar-refractivity contribution in [2.75, 3.05) is 5.73 Å². The van der Waals surface area contributed by atoms with Gasteiger partial charge in [-0.15, -0.1) is 5.10 Å². The van der Waals surface area contributed by atoms with Crippen LogP contribution < -0.4 is 11.1 Å². The molecule has 0 bridgehead atoms. The first-order valence-corrected chi connectivity index (χ1v) is 5.55. The molecule has 0 radical (unpaired) electrons. The maximum atomic E-state index is 11.8. The Labute approximate surface area is 95.2 Å². The van der Waals surface area contributed by atoms with E-state index in [-0.39, 0.29) is 23.9 Å². The molecule has 1 unspecified atom stereocenters. The first kappa shape index (κ1) is 12.5. The van der Waals surface area contributed by atoms with E-state index in [1.54, 1.807) is 6.92 Å². The van der Waals surface area contributed by atoms with Crippen molar-refractivity contribution in [3.8, 4) is 0 Å². The van der Waals surface area contributed by atoms with Crippen LogP contribution >= 0.6 is 0 Å². The molecule has 1 aromatic heterocycles. The number of anilines is 1. The standard InChI is InChI=1S/C10H19N5O/c1-4-8(5-2)13-9(16)7(3)15-6-12-10(11)14-15/h6-8H,4-5H2,1-3H3,(H2,11,14)(H,13,16). The molecule has 16 heavy (non-hydrogen) atoms. The van der Waals surface area contributed by atoms with Gasteiger partial charge < -0.3 is 11.1 Å². The third-order valence-electron chi connectivity index (χ3n) is 2.63. The summed E-state index contributed by atoms with van der Waals surface area (Å²) in [5, 5.41) is 6.87. The SMILES string of the molecule is CCC(CC)NC(=O)C(C)n1cnc(N)n1. The average molecular weight is 225 g/mol. The number of amides is 1. The number of rotatable bonds is 5. The summed E-state index contributed by atoms with van der Waals surface area (Å²) in [4.78, 5) is 15.6. The summed E-state index contributed by atoms with van der Waals surface area (Å²) in [6.45, 7) is 5.87. The first-order chi connectivity index (χ1) is 7.58. The number of hydrogen-bond acceptors (Lipinski definition) is 4. The van der Waals surface area contributed by atoms with Crippen LogP contribution in [0.1, 0.15) is 39.7 Å². The topological polar surface area (TPSA) is 85.8 Å². The predicted molar refractivity (Wildman–Crippen MR) is 61.7 cm³/mol. The maximum Gasteiger partial charge on any atom is 0.244 e. The number of nitrogens with zero attached hydrogens (tertiary/aromatic N) is 3. The van der Waals surface area contributed by atoms with Gasteiger partial charge in [-0.25, -0.2) is 9.67 Å². The van der Waals surface area contributed by atoms with E-state index in [4.69, 9.17) is 5.73 Å². The minimum absolute atomic E-state index is 0.0569. The molecule has 6 heteroatoms. The summed E-state index contributed by atoms with van der Waals surface area (Å²) in [5.41, 5.74) is 5.40. The predicted octanol–water partition coefficient (Wildman–Crippen LogP) is 0.726. The zero-order valence-corrected chi connectivity index (χ0v) is 9.97. The molecule has 0 aromatic carbocycles. The van der Waals surface area contributed by atoms with E-state index in [1.807, 2.05) is 13.8 Å². The molecule has 0 aliphatic rings. The van der Waals surface area contributed by atoms with Crippen LogP contribution in [-0.2, 0) is 4.79 Å². The Balaban J connectivity index is 2.60. The molecule has 0 saturated heterocycles. The zero-order valence-electron chi connectivity index (χ0n) is 9.97. The van der Waals surface area contributed by atoms with Crippen LogP contribution in [0.3, 0.4) is 0 Å². The van der Waals surface area contributed by atoms with Gasteiger partial charge in [0.1, 0.15) is 12.4 Å². The van der Waals surface area contributed by atoms with Gasteiger partial charge in [0, 0.05) is 6.04 Å². The molecule has 0 fully saturated rings. The van der Waals surface area contributed by atoms with Crippen molar-refractivity contribution >= 4 is 11.9 Å². The fraction of sp³-hybridized carbons (Fsp3) is 0.700. The normalized spacial score (nSPS) is 12.8. The van der Waals surface area contributed by atoms with Crippen LogP contribution in [-0.4, -0.2) is 26.7 Å². The maximum absolute atomic E-state index is 11.8. The molecular weight excluding hydrogens is 206 g/mol. The van der Waals surface area contributed by atoms with Gasteiger partial charge >= 0.3 is 0 Å². The summed E-state index contributed by atoms with van der Waals surface area (Å²) in [6, 6.07) is -0.166. The highest BCUT2D eigenvalue weighted by Gasteiger charge is 2.18. The van der Waals surface area contributed by atoms with Crippen LogP contribution in [0.4, 0.5) is 5.95 Å². The van der Waals surface area contributed by atoms with E-state index < -0.39 is 0 Å². The Bertz CT molecular complexity index is 345. The van der Waals surface area contributed by atoms with Crippen LogP contribution in [0.5, 0.6) is 0 Å². The van der Waals surface area contributed by atoms with Gasteiger partial charge in [0.2, 0.25) is 11.9 Å². The van der Waals surface area contributed by atoms with Crippen molar-refractivity contribution in [2.24, 2.45) is 0 Å². The number of nitrogen functional groups attached to an aromatic ring is 1. The Morgan fingerprint density at radius 2 is 2.19 bits per heavy atom. The quantitative estimate of drug-likeness (QED) is 0.773. The smallest absolute Gasteiger partial charge is 0.244 e. The number of carbonyl (C=O) groups excluding carboxylic acids is 1. The molecule has 0 saturated carbocycles. The molecular formula is C10H19N5O. The zero-order chi connectivity index (χ0) is 12.1. The van der Waals surface area contributed by atoms with Gasteiger partial charge in [-0.2, -0.15) is 0 Å². The average Bonchev–Trinajstić information content (AvgIpc) is 2.71. The Morgan fingerprint density at radius 1 is 1.56 bits per heavy atom. The molecule has 1 aromatic rings. The molecule has 0 aliphatic carbocycles. The van der Waals surface area contributed by atoms with Gasteiger partial charge in [-0.05, 0) is 19.8 Å². The lowest BCUT2D eigenvalue weighted by Gasteiger charge is -2.18. The Kier molecular flexibility index (Phi) is 4.28. The highest BCUT2D eigenvalue weighted by Crippen LogP contribution is 2.06.